The number of hydrogen-bond acceptors (Lipinski definition) is 3. The molecule has 0 unspecified atom stereocenters. The first-order chi connectivity index (χ1) is 13.8. The second kappa shape index (κ2) is 13.2. The van der Waals surface area contributed by atoms with Crippen molar-refractivity contribution in [1.29, 1.82) is 0 Å². The van der Waals surface area contributed by atoms with Crippen LogP contribution in [0.2, 0.25) is 0 Å². The summed E-state index contributed by atoms with van der Waals surface area (Å²) in [7, 11) is 1.69. The number of aliphatic imine (C=N–C) groups is 1. The molecule has 0 aliphatic carbocycles. The lowest BCUT2D eigenvalue weighted by Gasteiger charge is -2.32. The van der Waals surface area contributed by atoms with Crippen LogP contribution >= 0.6 is 24.0 Å². The zero-order chi connectivity index (χ0) is 21.3. The number of guanidine groups is 1. The molecule has 1 aliphatic heterocycles. The van der Waals surface area contributed by atoms with Crippen molar-refractivity contribution in [3.05, 3.63) is 29.3 Å². The zero-order valence-electron chi connectivity index (χ0n) is 18.0. The van der Waals surface area contributed by atoms with Gasteiger partial charge in [0.05, 0.1) is 0 Å². The second-order valence-electron chi connectivity index (χ2n) is 7.61. The summed E-state index contributed by atoms with van der Waals surface area (Å²) in [6.45, 7) is 7.34. The van der Waals surface area contributed by atoms with Crippen LogP contribution in [0.5, 0.6) is 5.75 Å². The lowest BCUT2D eigenvalue weighted by molar-refractivity contribution is -0.153. The fraction of sp³-hybridized carbons (Fsp3) is 0.667. The molecule has 0 spiro atoms. The Morgan fingerprint density at radius 3 is 2.53 bits per heavy atom. The van der Waals surface area contributed by atoms with Gasteiger partial charge in [-0.15, -0.1) is 24.0 Å². The number of nitrogens with zero attached hydrogens (tertiary/aromatic N) is 2. The number of piperidine rings is 1. The van der Waals surface area contributed by atoms with Gasteiger partial charge in [-0.25, -0.2) is 0 Å². The third-order valence-electron chi connectivity index (χ3n) is 5.09. The molecule has 1 fully saturated rings. The summed E-state index contributed by atoms with van der Waals surface area (Å²) >= 11 is 0. The number of alkyl halides is 3. The van der Waals surface area contributed by atoms with Gasteiger partial charge in [0.1, 0.15) is 5.75 Å². The number of halogens is 4. The summed E-state index contributed by atoms with van der Waals surface area (Å²) < 4.78 is 42.5. The van der Waals surface area contributed by atoms with Crippen LogP contribution in [-0.2, 0) is 6.54 Å². The molecule has 0 atom stereocenters. The fourth-order valence-corrected chi connectivity index (χ4v) is 3.47. The highest BCUT2D eigenvalue weighted by molar-refractivity contribution is 14.0. The van der Waals surface area contributed by atoms with Crippen LogP contribution in [0.15, 0.2) is 23.2 Å². The molecule has 0 aromatic heterocycles. The summed E-state index contributed by atoms with van der Waals surface area (Å²) in [5.74, 6) is 1.49. The third-order valence-corrected chi connectivity index (χ3v) is 5.09. The second-order valence-corrected chi connectivity index (χ2v) is 7.61. The molecule has 0 saturated carbocycles. The molecule has 30 heavy (non-hydrogen) atoms. The Morgan fingerprint density at radius 2 is 1.93 bits per heavy atom. The molecule has 0 radical (unpaired) electrons. The van der Waals surface area contributed by atoms with Gasteiger partial charge >= 0.3 is 6.18 Å². The summed E-state index contributed by atoms with van der Waals surface area (Å²) in [5, 5.41) is 6.52. The van der Waals surface area contributed by atoms with Crippen molar-refractivity contribution in [3.63, 3.8) is 0 Å². The Labute approximate surface area is 194 Å². The fourth-order valence-electron chi connectivity index (χ4n) is 3.47. The lowest BCUT2D eigenvalue weighted by Crippen LogP contribution is -2.42. The first kappa shape index (κ1) is 26.8. The maximum Gasteiger partial charge on any atom is 0.422 e. The van der Waals surface area contributed by atoms with E-state index >= 15 is 0 Å². The van der Waals surface area contributed by atoms with E-state index in [0.29, 0.717) is 24.0 Å². The average molecular weight is 542 g/mol. The van der Waals surface area contributed by atoms with Gasteiger partial charge < -0.3 is 20.3 Å². The van der Waals surface area contributed by atoms with E-state index in [2.05, 4.69) is 27.4 Å². The molecule has 1 aliphatic rings. The Kier molecular flexibility index (Phi) is 11.8. The smallest absolute Gasteiger partial charge is 0.422 e. The van der Waals surface area contributed by atoms with E-state index in [4.69, 9.17) is 4.74 Å². The highest BCUT2D eigenvalue weighted by Gasteiger charge is 2.28. The first-order valence-corrected chi connectivity index (χ1v) is 10.3. The topological polar surface area (TPSA) is 48.9 Å². The van der Waals surface area contributed by atoms with Crippen LogP contribution in [0.3, 0.4) is 0 Å². The number of ether oxygens (including phenoxy) is 1. The van der Waals surface area contributed by atoms with Gasteiger partial charge in [-0.1, -0.05) is 19.1 Å². The van der Waals surface area contributed by atoms with Crippen LogP contribution in [0, 0.1) is 12.8 Å². The summed E-state index contributed by atoms with van der Waals surface area (Å²) in [6.07, 6.45) is -0.847. The quantitative estimate of drug-likeness (QED) is 0.292. The van der Waals surface area contributed by atoms with Crippen molar-refractivity contribution in [3.8, 4) is 5.75 Å². The molecule has 9 heteroatoms. The van der Waals surface area contributed by atoms with Gasteiger partial charge in [0.25, 0.3) is 0 Å². The minimum Gasteiger partial charge on any atom is -0.484 e. The van der Waals surface area contributed by atoms with Crippen molar-refractivity contribution >= 4 is 29.9 Å². The standard InChI is InChI=1S/C21H33F3N4O.HI/c1-4-9-28-10-7-17(8-11-28)13-26-20(25-3)27-14-18-6-5-16(2)12-19(18)29-15-21(22,23)24;/h5-6,12,17H,4,7-11,13-15H2,1-3H3,(H2,25,26,27);1H. The molecule has 0 amide bonds. The molecule has 2 N–H and O–H groups in total. The number of rotatable bonds is 8. The molecule has 2 rings (SSSR count). The normalized spacial score (nSPS) is 16.1. The maximum absolute atomic E-state index is 12.5. The van der Waals surface area contributed by atoms with Crippen molar-refractivity contribution in [2.75, 3.05) is 39.8 Å². The van der Waals surface area contributed by atoms with E-state index in [1.165, 1.54) is 13.0 Å². The average Bonchev–Trinajstić information content (AvgIpc) is 2.68. The van der Waals surface area contributed by atoms with Crippen molar-refractivity contribution in [2.45, 2.75) is 45.8 Å². The van der Waals surface area contributed by atoms with E-state index in [-0.39, 0.29) is 29.7 Å². The van der Waals surface area contributed by atoms with E-state index in [1.807, 2.05) is 13.0 Å². The molecule has 5 nitrogen and oxygen atoms in total. The van der Waals surface area contributed by atoms with Gasteiger partial charge in [0.2, 0.25) is 0 Å². The van der Waals surface area contributed by atoms with Crippen molar-refractivity contribution in [2.24, 2.45) is 10.9 Å². The Hall–Kier alpha value is -1.23. The molecule has 1 saturated heterocycles. The van der Waals surface area contributed by atoms with Crippen LogP contribution in [0.25, 0.3) is 0 Å². The predicted molar refractivity (Wildman–Crippen MR) is 126 cm³/mol. The van der Waals surface area contributed by atoms with Crippen LogP contribution in [-0.4, -0.2) is 56.9 Å². The number of benzene rings is 1. The first-order valence-electron chi connectivity index (χ1n) is 10.3. The minimum absolute atomic E-state index is 0. The number of hydrogen-bond donors (Lipinski definition) is 2. The van der Waals surface area contributed by atoms with Crippen LogP contribution in [0.4, 0.5) is 13.2 Å². The maximum atomic E-state index is 12.5. The molecule has 1 aromatic rings. The van der Waals surface area contributed by atoms with E-state index in [9.17, 15) is 13.2 Å². The predicted octanol–water partition coefficient (Wildman–Crippen LogP) is 4.34. The van der Waals surface area contributed by atoms with Gasteiger partial charge in [-0.2, -0.15) is 13.2 Å². The van der Waals surface area contributed by atoms with Crippen LogP contribution < -0.4 is 15.4 Å². The van der Waals surface area contributed by atoms with E-state index in [1.54, 1.807) is 19.2 Å². The zero-order valence-corrected chi connectivity index (χ0v) is 20.3. The Balaban J connectivity index is 0.00000450. The Bertz CT molecular complexity index is 662. The van der Waals surface area contributed by atoms with Gasteiger partial charge in [-0.3, -0.25) is 4.99 Å². The van der Waals surface area contributed by atoms with Crippen LogP contribution in [0.1, 0.15) is 37.3 Å². The molecular formula is C21H34F3IN4O. The largest absolute Gasteiger partial charge is 0.484 e. The number of likely N-dealkylation sites (tertiary alicyclic amines) is 1. The number of aryl methyl sites for hydroxylation is 1. The SMILES string of the molecule is CCCN1CCC(CNC(=NC)NCc2ccc(C)cc2OCC(F)(F)F)CC1.I. The minimum atomic E-state index is -4.36. The van der Waals surface area contributed by atoms with Crippen molar-refractivity contribution in [1.82, 2.24) is 15.5 Å². The van der Waals surface area contributed by atoms with Gasteiger partial charge in [0.15, 0.2) is 12.6 Å². The molecule has 0 bridgehead atoms. The van der Waals surface area contributed by atoms with E-state index in [0.717, 1.165) is 38.0 Å². The lowest BCUT2D eigenvalue weighted by atomic mass is 9.97. The monoisotopic (exact) mass is 542 g/mol. The van der Waals surface area contributed by atoms with Crippen molar-refractivity contribution < 1.29 is 17.9 Å². The summed E-state index contributed by atoms with van der Waals surface area (Å²) in [4.78, 5) is 6.73. The Morgan fingerprint density at radius 1 is 1.23 bits per heavy atom. The highest BCUT2D eigenvalue weighted by Crippen LogP contribution is 2.23. The number of nitrogens with one attached hydrogen (secondary N) is 2. The van der Waals surface area contributed by atoms with Gasteiger partial charge in [0, 0.05) is 25.7 Å². The highest BCUT2D eigenvalue weighted by atomic mass is 127. The van der Waals surface area contributed by atoms with Gasteiger partial charge in [-0.05, 0) is 63.4 Å². The molecular weight excluding hydrogens is 508 g/mol. The third kappa shape index (κ3) is 9.72. The van der Waals surface area contributed by atoms with E-state index < -0.39 is 12.8 Å². The summed E-state index contributed by atoms with van der Waals surface area (Å²) in [5.41, 5.74) is 1.51. The molecule has 172 valence electrons. The summed E-state index contributed by atoms with van der Waals surface area (Å²) in [6, 6.07) is 5.27. The molecule has 1 aromatic carbocycles. The molecule has 1 heterocycles.